The molecule has 0 unspecified atom stereocenters. The number of imide groups is 1. The van der Waals surface area contributed by atoms with Gasteiger partial charge in [-0.15, -0.1) is 0 Å². The number of rotatable bonds is 3. The molecule has 2 amide bonds. The van der Waals surface area contributed by atoms with Crippen molar-refractivity contribution in [1.82, 2.24) is 4.90 Å². The van der Waals surface area contributed by atoms with E-state index in [4.69, 9.17) is 0 Å². The van der Waals surface area contributed by atoms with Gasteiger partial charge >= 0.3 is 5.97 Å². The van der Waals surface area contributed by atoms with Crippen molar-refractivity contribution in [1.29, 1.82) is 0 Å². The summed E-state index contributed by atoms with van der Waals surface area (Å²) in [6, 6.07) is 9.28. The van der Waals surface area contributed by atoms with Gasteiger partial charge in [0.1, 0.15) is 11.8 Å². The molecule has 7 heteroatoms. The molecule has 154 valence electrons. The van der Waals surface area contributed by atoms with Crippen LogP contribution in [-0.4, -0.2) is 40.6 Å². The van der Waals surface area contributed by atoms with Crippen molar-refractivity contribution in [2.45, 2.75) is 38.1 Å². The standard InChI is InChI=1S/C23H22N2O5/c1-23(2,3)14-8-5-12(6-9-14)19(26)13-7-10-15-16-17(21(28)24(4)20(16)27)18(22(29)30)25(15)11-13/h5-11,16-18H,1-4H3/p+1/t16-,17-,18-/m0/s1. The second-order valence-corrected chi connectivity index (χ2v) is 8.93. The van der Waals surface area contributed by atoms with Gasteiger partial charge < -0.3 is 5.11 Å². The molecule has 0 bridgehead atoms. The molecule has 3 atom stereocenters. The van der Waals surface area contributed by atoms with Crippen molar-refractivity contribution in [3.63, 3.8) is 0 Å². The number of carboxylic acids is 1. The summed E-state index contributed by atoms with van der Waals surface area (Å²) >= 11 is 0. The zero-order valence-corrected chi connectivity index (χ0v) is 17.2. The number of ketones is 1. The van der Waals surface area contributed by atoms with Crippen LogP contribution in [0.2, 0.25) is 0 Å². The minimum Gasteiger partial charge on any atom is -0.476 e. The van der Waals surface area contributed by atoms with Crippen LogP contribution >= 0.6 is 0 Å². The first kappa shape index (κ1) is 19.9. The van der Waals surface area contributed by atoms with Gasteiger partial charge in [0.25, 0.3) is 6.04 Å². The van der Waals surface area contributed by atoms with Crippen LogP contribution in [0.4, 0.5) is 0 Å². The SMILES string of the molecule is CN1C(=O)[C@@H]2[C@@H](C(=O)O)[n+]3cc(C(=O)c4ccc(C(C)(C)C)cc4)ccc3[C@@H]2C1=O. The van der Waals surface area contributed by atoms with E-state index in [-0.39, 0.29) is 11.2 Å². The molecular weight excluding hydrogens is 384 g/mol. The smallest absolute Gasteiger partial charge is 0.374 e. The van der Waals surface area contributed by atoms with Crippen molar-refractivity contribution in [3.8, 4) is 0 Å². The Morgan fingerprint density at radius 3 is 2.13 bits per heavy atom. The maximum atomic E-state index is 13.0. The average Bonchev–Trinajstić information content (AvgIpc) is 3.15. The number of likely N-dealkylation sites (N-methyl/N-ethyl adjacent to an activating group) is 1. The fraction of sp³-hybridized carbons (Fsp3) is 0.348. The average molecular weight is 407 g/mol. The van der Waals surface area contributed by atoms with Crippen LogP contribution in [0.5, 0.6) is 0 Å². The molecule has 0 radical (unpaired) electrons. The second-order valence-electron chi connectivity index (χ2n) is 8.93. The molecular formula is C23H23N2O5+. The van der Waals surface area contributed by atoms with E-state index in [2.05, 4.69) is 20.8 Å². The Balaban J connectivity index is 1.74. The lowest BCUT2D eigenvalue weighted by Crippen LogP contribution is -2.47. The van der Waals surface area contributed by atoms with Gasteiger partial charge in [0.2, 0.25) is 11.8 Å². The molecule has 4 rings (SSSR count). The van der Waals surface area contributed by atoms with Gasteiger partial charge in [0, 0.05) is 18.7 Å². The first-order valence-corrected chi connectivity index (χ1v) is 9.77. The third kappa shape index (κ3) is 2.84. The van der Waals surface area contributed by atoms with E-state index in [1.165, 1.54) is 17.8 Å². The molecule has 0 saturated carbocycles. The van der Waals surface area contributed by atoms with Crippen LogP contribution in [-0.2, 0) is 19.8 Å². The Bertz CT molecular complexity index is 1100. The molecule has 2 aliphatic rings. The van der Waals surface area contributed by atoms with E-state index < -0.39 is 35.7 Å². The van der Waals surface area contributed by atoms with E-state index >= 15 is 0 Å². The van der Waals surface area contributed by atoms with E-state index in [9.17, 15) is 24.3 Å². The van der Waals surface area contributed by atoms with Gasteiger partial charge in [-0.2, -0.15) is 4.57 Å². The number of likely N-dealkylation sites (tertiary alicyclic amines) is 1. The van der Waals surface area contributed by atoms with E-state index in [0.29, 0.717) is 16.8 Å². The summed E-state index contributed by atoms with van der Waals surface area (Å²) < 4.78 is 1.40. The Morgan fingerprint density at radius 1 is 0.967 bits per heavy atom. The number of carbonyl (C=O) groups is 4. The van der Waals surface area contributed by atoms with Gasteiger partial charge in [-0.05, 0) is 17.0 Å². The molecule has 2 aromatic rings. The molecule has 3 heterocycles. The highest BCUT2D eigenvalue weighted by Gasteiger charge is 2.64. The number of hydrogen-bond acceptors (Lipinski definition) is 4. The van der Waals surface area contributed by atoms with Crippen LogP contribution in [0.15, 0.2) is 42.6 Å². The number of nitrogens with zero attached hydrogens (tertiary/aromatic N) is 2. The van der Waals surface area contributed by atoms with Crippen molar-refractivity contribution < 1.29 is 28.9 Å². The third-order valence-electron chi connectivity index (χ3n) is 6.07. The van der Waals surface area contributed by atoms with Crippen molar-refractivity contribution in [2.75, 3.05) is 7.05 Å². The molecule has 1 saturated heterocycles. The van der Waals surface area contributed by atoms with Gasteiger partial charge in [0.05, 0.1) is 5.56 Å². The lowest BCUT2D eigenvalue weighted by molar-refractivity contribution is -0.707. The van der Waals surface area contributed by atoms with Crippen LogP contribution in [0.1, 0.15) is 59.9 Å². The Morgan fingerprint density at radius 2 is 1.57 bits per heavy atom. The summed E-state index contributed by atoms with van der Waals surface area (Å²) in [7, 11) is 1.37. The number of carbonyl (C=O) groups excluding carboxylic acids is 3. The number of benzene rings is 1. The van der Waals surface area contributed by atoms with Crippen molar-refractivity contribution >= 4 is 23.6 Å². The van der Waals surface area contributed by atoms with E-state index in [1.54, 1.807) is 24.3 Å². The number of amides is 2. The Labute approximate surface area is 173 Å². The number of carboxylic acid groups (broad SMARTS) is 1. The van der Waals surface area contributed by atoms with E-state index in [0.717, 1.165) is 10.5 Å². The molecule has 0 spiro atoms. The molecule has 30 heavy (non-hydrogen) atoms. The highest BCUT2D eigenvalue weighted by molar-refractivity contribution is 6.10. The summed E-state index contributed by atoms with van der Waals surface area (Å²) in [4.78, 5) is 51.0. The minimum atomic E-state index is -1.22. The number of aliphatic carboxylic acids is 1. The summed E-state index contributed by atoms with van der Waals surface area (Å²) in [5.74, 6) is -4.20. The van der Waals surface area contributed by atoms with Gasteiger partial charge in [0.15, 0.2) is 17.7 Å². The minimum absolute atomic E-state index is 0.0380. The van der Waals surface area contributed by atoms with E-state index in [1.807, 2.05) is 12.1 Å². The monoisotopic (exact) mass is 407 g/mol. The zero-order valence-electron chi connectivity index (χ0n) is 17.2. The first-order chi connectivity index (χ1) is 14.0. The van der Waals surface area contributed by atoms with Crippen LogP contribution in [0.3, 0.4) is 0 Å². The lowest BCUT2D eigenvalue weighted by Gasteiger charge is -2.19. The van der Waals surface area contributed by atoms with Crippen LogP contribution < -0.4 is 4.57 Å². The summed E-state index contributed by atoms with van der Waals surface area (Å²) in [6.45, 7) is 6.26. The zero-order chi connectivity index (χ0) is 22.0. The highest BCUT2D eigenvalue weighted by atomic mass is 16.4. The molecule has 0 aliphatic carbocycles. The topological polar surface area (TPSA) is 95.6 Å². The third-order valence-corrected chi connectivity index (χ3v) is 6.07. The molecule has 1 aromatic heterocycles. The van der Waals surface area contributed by atoms with Crippen molar-refractivity contribution in [3.05, 3.63) is 65.0 Å². The lowest BCUT2D eigenvalue weighted by atomic mass is 9.86. The summed E-state index contributed by atoms with van der Waals surface area (Å²) in [6.07, 6.45) is 1.45. The van der Waals surface area contributed by atoms with Gasteiger partial charge in [-0.1, -0.05) is 45.0 Å². The predicted molar refractivity (Wildman–Crippen MR) is 106 cm³/mol. The maximum absolute atomic E-state index is 13.0. The Hall–Kier alpha value is -3.35. The maximum Gasteiger partial charge on any atom is 0.374 e. The fourth-order valence-electron chi connectivity index (χ4n) is 4.37. The Kier molecular flexibility index (Phi) is 4.38. The predicted octanol–water partition coefficient (Wildman–Crippen LogP) is 1.84. The van der Waals surface area contributed by atoms with Gasteiger partial charge in [-0.25, -0.2) is 4.79 Å². The van der Waals surface area contributed by atoms with Crippen LogP contribution in [0.25, 0.3) is 0 Å². The number of fused-ring (bicyclic) bond motifs is 3. The molecule has 2 aliphatic heterocycles. The summed E-state index contributed by atoms with van der Waals surface area (Å²) in [5, 5.41) is 9.76. The fourth-order valence-corrected chi connectivity index (χ4v) is 4.37. The van der Waals surface area contributed by atoms with Crippen molar-refractivity contribution in [2.24, 2.45) is 5.92 Å². The van der Waals surface area contributed by atoms with Gasteiger partial charge in [-0.3, -0.25) is 19.3 Å². The molecule has 1 aromatic carbocycles. The largest absolute Gasteiger partial charge is 0.476 e. The quantitative estimate of drug-likeness (QED) is 0.476. The highest BCUT2D eigenvalue weighted by Crippen LogP contribution is 2.43. The first-order valence-electron chi connectivity index (χ1n) is 9.77. The molecule has 1 N–H and O–H groups in total. The summed E-state index contributed by atoms with van der Waals surface area (Å²) in [5.41, 5.74) is 2.29. The molecule has 1 fully saturated rings. The molecule has 7 nitrogen and oxygen atoms in total. The number of aromatic nitrogens is 1. The normalized spacial score (nSPS) is 22.8. The number of hydrogen-bond donors (Lipinski definition) is 1. The number of pyridine rings is 1. The second kappa shape index (κ2) is 6.58. The van der Waals surface area contributed by atoms with Crippen LogP contribution in [0, 0.1) is 5.92 Å².